The highest BCUT2D eigenvalue weighted by Crippen LogP contribution is 2.05. The summed E-state index contributed by atoms with van der Waals surface area (Å²) in [5.41, 5.74) is 2.74. The quantitative estimate of drug-likeness (QED) is 0.741. The van der Waals surface area contributed by atoms with Crippen LogP contribution in [-0.4, -0.2) is 27.3 Å². The maximum Gasteiger partial charge on any atom is 0.0502 e. The van der Waals surface area contributed by atoms with Crippen LogP contribution in [-0.2, 0) is 17.6 Å². The summed E-state index contributed by atoms with van der Waals surface area (Å²) < 4.78 is 5.03. The molecule has 1 rings (SSSR count). The summed E-state index contributed by atoms with van der Waals surface area (Å²) in [5, 5.41) is 3.15. The highest BCUT2D eigenvalue weighted by molar-refractivity contribution is 5.22. The highest BCUT2D eigenvalue weighted by Gasteiger charge is 1.94. The van der Waals surface area contributed by atoms with Crippen molar-refractivity contribution in [1.29, 1.82) is 0 Å². The third-order valence-electron chi connectivity index (χ3n) is 2.28. The fourth-order valence-electron chi connectivity index (χ4n) is 1.36. The fraction of sp³-hybridized carbons (Fsp3) is 0.500. The summed E-state index contributed by atoms with van der Waals surface area (Å²) in [5.74, 6) is 0. The van der Waals surface area contributed by atoms with Crippen molar-refractivity contribution < 1.29 is 4.74 Å². The van der Waals surface area contributed by atoms with Gasteiger partial charge in [0.15, 0.2) is 0 Å². The maximum atomic E-state index is 5.03. The van der Waals surface area contributed by atoms with Crippen molar-refractivity contribution in [2.75, 3.05) is 27.3 Å². The number of nitrogens with one attached hydrogen (secondary N) is 1. The minimum absolute atomic E-state index is 0.801. The smallest absolute Gasteiger partial charge is 0.0502 e. The van der Waals surface area contributed by atoms with Crippen LogP contribution in [0.4, 0.5) is 0 Å². The number of hydrogen-bond acceptors (Lipinski definition) is 2. The predicted octanol–water partition coefficient (Wildman–Crippen LogP) is 1.64. The molecule has 0 radical (unpaired) electrons. The Balaban J connectivity index is 2.42. The maximum absolute atomic E-state index is 5.03. The third kappa shape index (κ3) is 3.90. The molecule has 0 amide bonds. The molecule has 0 saturated heterocycles. The molecular formula is C12H19NO. The van der Waals surface area contributed by atoms with Gasteiger partial charge in [0.05, 0.1) is 6.61 Å². The van der Waals surface area contributed by atoms with E-state index in [1.807, 2.05) is 7.05 Å². The summed E-state index contributed by atoms with van der Waals surface area (Å²) in [6.45, 7) is 1.84. The molecule has 0 aromatic heterocycles. The van der Waals surface area contributed by atoms with E-state index >= 15 is 0 Å². The normalized spacial score (nSPS) is 10.4. The van der Waals surface area contributed by atoms with Crippen molar-refractivity contribution in [3.63, 3.8) is 0 Å². The topological polar surface area (TPSA) is 21.3 Å². The number of likely N-dealkylation sites (N-methyl/N-ethyl adjacent to an activating group) is 1. The minimum atomic E-state index is 0.801. The van der Waals surface area contributed by atoms with Crippen LogP contribution in [0, 0.1) is 0 Å². The summed E-state index contributed by atoms with van der Waals surface area (Å²) in [6.07, 6.45) is 2.10. The first-order valence-corrected chi connectivity index (χ1v) is 5.08. The van der Waals surface area contributed by atoms with E-state index in [1.165, 1.54) is 11.1 Å². The molecule has 2 heteroatoms. The third-order valence-corrected chi connectivity index (χ3v) is 2.28. The summed E-state index contributed by atoms with van der Waals surface area (Å²) in [6, 6.07) is 8.76. The summed E-state index contributed by atoms with van der Waals surface area (Å²) in [7, 11) is 3.72. The zero-order chi connectivity index (χ0) is 10.2. The number of benzene rings is 1. The van der Waals surface area contributed by atoms with Crippen LogP contribution in [0.3, 0.4) is 0 Å². The Bertz CT molecular complexity index is 216. The number of methoxy groups -OCH3 is 1. The Morgan fingerprint density at radius 2 is 1.64 bits per heavy atom. The molecule has 1 aromatic rings. The average Bonchev–Trinajstić information content (AvgIpc) is 2.25. The van der Waals surface area contributed by atoms with Crippen molar-refractivity contribution >= 4 is 0 Å². The molecule has 0 aliphatic heterocycles. The van der Waals surface area contributed by atoms with E-state index in [2.05, 4.69) is 29.6 Å². The van der Waals surface area contributed by atoms with Gasteiger partial charge in [-0.1, -0.05) is 24.3 Å². The second-order valence-corrected chi connectivity index (χ2v) is 3.41. The van der Waals surface area contributed by atoms with Gasteiger partial charge in [-0.2, -0.15) is 0 Å². The molecule has 2 nitrogen and oxygen atoms in total. The Kier molecular flexibility index (Phi) is 5.27. The van der Waals surface area contributed by atoms with E-state index in [9.17, 15) is 0 Å². The van der Waals surface area contributed by atoms with E-state index in [1.54, 1.807) is 7.11 Å². The van der Waals surface area contributed by atoms with Gasteiger partial charge in [0.25, 0.3) is 0 Å². The van der Waals surface area contributed by atoms with Crippen molar-refractivity contribution in [3.05, 3.63) is 35.4 Å². The molecule has 0 fully saturated rings. The van der Waals surface area contributed by atoms with Gasteiger partial charge in [0, 0.05) is 7.11 Å². The van der Waals surface area contributed by atoms with Crippen LogP contribution < -0.4 is 5.32 Å². The molecule has 0 spiro atoms. The van der Waals surface area contributed by atoms with E-state index in [4.69, 9.17) is 4.74 Å². The lowest BCUT2D eigenvalue weighted by atomic mass is 10.1. The van der Waals surface area contributed by atoms with Gasteiger partial charge in [0.2, 0.25) is 0 Å². The van der Waals surface area contributed by atoms with E-state index in [0.29, 0.717) is 0 Å². The number of ether oxygens (including phenoxy) is 1. The molecular weight excluding hydrogens is 174 g/mol. The molecule has 1 aromatic carbocycles. The van der Waals surface area contributed by atoms with Crippen molar-refractivity contribution in [1.82, 2.24) is 5.32 Å². The summed E-state index contributed by atoms with van der Waals surface area (Å²) >= 11 is 0. The second-order valence-electron chi connectivity index (χ2n) is 3.41. The predicted molar refractivity (Wildman–Crippen MR) is 59.7 cm³/mol. The Morgan fingerprint density at radius 3 is 2.14 bits per heavy atom. The van der Waals surface area contributed by atoms with Crippen molar-refractivity contribution in [2.24, 2.45) is 0 Å². The molecule has 0 atom stereocenters. The lowest BCUT2D eigenvalue weighted by Gasteiger charge is -2.03. The lowest BCUT2D eigenvalue weighted by molar-refractivity contribution is 0.202. The van der Waals surface area contributed by atoms with Crippen LogP contribution in [0.2, 0.25) is 0 Å². The highest BCUT2D eigenvalue weighted by atomic mass is 16.5. The first kappa shape index (κ1) is 11.2. The zero-order valence-electron chi connectivity index (χ0n) is 9.05. The standard InChI is InChI=1S/C12H19NO/c1-13-9-7-11-3-5-12(6-4-11)8-10-14-2/h3-6,13H,7-10H2,1-2H3. The molecule has 0 unspecified atom stereocenters. The average molecular weight is 193 g/mol. The Hall–Kier alpha value is -0.860. The first-order chi connectivity index (χ1) is 6.86. The van der Waals surface area contributed by atoms with Gasteiger partial charge in [0.1, 0.15) is 0 Å². The van der Waals surface area contributed by atoms with E-state index in [0.717, 1.165) is 26.0 Å². The minimum Gasteiger partial charge on any atom is -0.384 e. The Morgan fingerprint density at radius 1 is 1.07 bits per heavy atom. The molecule has 1 N–H and O–H groups in total. The lowest BCUT2D eigenvalue weighted by Crippen LogP contribution is -2.10. The molecule has 14 heavy (non-hydrogen) atoms. The molecule has 0 bridgehead atoms. The number of rotatable bonds is 6. The van der Waals surface area contributed by atoms with Gasteiger partial charge >= 0.3 is 0 Å². The number of hydrogen-bond donors (Lipinski definition) is 1. The fourth-order valence-corrected chi connectivity index (χ4v) is 1.36. The van der Waals surface area contributed by atoms with Gasteiger partial charge in [-0.15, -0.1) is 0 Å². The van der Waals surface area contributed by atoms with Crippen LogP contribution in [0.1, 0.15) is 11.1 Å². The monoisotopic (exact) mass is 193 g/mol. The van der Waals surface area contributed by atoms with Crippen LogP contribution in [0.15, 0.2) is 24.3 Å². The van der Waals surface area contributed by atoms with Crippen molar-refractivity contribution in [3.8, 4) is 0 Å². The zero-order valence-corrected chi connectivity index (χ0v) is 9.05. The van der Waals surface area contributed by atoms with Crippen molar-refractivity contribution in [2.45, 2.75) is 12.8 Å². The molecule has 0 saturated carbocycles. The van der Waals surface area contributed by atoms with E-state index in [-0.39, 0.29) is 0 Å². The van der Waals surface area contributed by atoms with Gasteiger partial charge < -0.3 is 10.1 Å². The second kappa shape index (κ2) is 6.57. The largest absolute Gasteiger partial charge is 0.384 e. The molecule has 0 aliphatic carbocycles. The molecule has 78 valence electrons. The van der Waals surface area contributed by atoms with Crippen LogP contribution >= 0.6 is 0 Å². The van der Waals surface area contributed by atoms with E-state index < -0.39 is 0 Å². The van der Waals surface area contributed by atoms with Gasteiger partial charge in [-0.3, -0.25) is 0 Å². The first-order valence-electron chi connectivity index (χ1n) is 5.08. The van der Waals surface area contributed by atoms with Gasteiger partial charge in [-0.05, 0) is 37.6 Å². The Labute approximate surface area is 86.3 Å². The van der Waals surface area contributed by atoms with Crippen LogP contribution in [0.25, 0.3) is 0 Å². The summed E-state index contributed by atoms with van der Waals surface area (Å²) in [4.78, 5) is 0. The molecule has 0 aliphatic rings. The molecule has 0 heterocycles. The van der Waals surface area contributed by atoms with Gasteiger partial charge in [-0.25, -0.2) is 0 Å². The SMILES string of the molecule is CNCCc1ccc(CCOC)cc1. The van der Waals surface area contributed by atoms with Crippen LogP contribution in [0.5, 0.6) is 0 Å².